The Morgan fingerprint density at radius 2 is 2.05 bits per heavy atom. The molecule has 1 aromatic heterocycles. The van der Waals surface area contributed by atoms with E-state index in [9.17, 15) is 0 Å². The summed E-state index contributed by atoms with van der Waals surface area (Å²) < 4.78 is 1.90. The molecule has 0 aliphatic rings. The zero-order valence-electron chi connectivity index (χ0n) is 12.6. The Hall–Kier alpha value is -1.39. The summed E-state index contributed by atoms with van der Waals surface area (Å²) in [6.45, 7) is 5.15. The summed E-state index contributed by atoms with van der Waals surface area (Å²) in [5, 5.41) is 14.3. The highest BCUT2D eigenvalue weighted by Crippen LogP contribution is 2.19. The van der Waals surface area contributed by atoms with Crippen LogP contribution in [0.5, 0.6) is 0 Å². The molecule has 0 aliphatic carbocycles. The predicted octanol–water partition coefficient (Wildman–Crippen LogP) is 3.10. The van der Waals surface area contributed by atoms with E-state index < -0.39 is 0 Å². The molecule has 1 aromatic carbocycles. The lowest BCUT2D eigenvalue weighted by Gasteiger charge is -2.06. The van der Waals surface area contributed by atoms with Crippen LogP contribution in [0.15, 0.2) is 24.3 Å². The van der Waals surface area contributed by atoms with Crippen LogP contribution in [0, 0.1) is 5.92 Å². The van der Waals surface area contributed by atoms with Gasteiger partial charge in [0.1, 0.15) is 5.82 Å². The van der Waals surface area contributed by atoms with Crippen molar-refractivity contribution in [3.8, 4) is 0 Å². The fraction of sp³-hybridized carbons (Fsp3) is 0.500. The lowest BCUT2D eigenvalue weighted by atomic mass is 10.1. The molecule has 0 aliphatic heterocycles. The summed E-state index contributed by atoms with van der Waals surface area (Å²) >= 11 is 6.22. The Balaban J connectivity index is 2.23. The molecule has 2 rings (SSSR count). The third kappa shape index (κ3) is 4.55. The van der Waals surface area contributed by atoms with E-state index in [1.54, 1.807) is 0 Å². The summed E-state index contributed by atoms with van der Waals surface area (Å²) in [6.07, 6.45) is 2.21. The van der Waals surface area contributed by atoms with Crippen molar-refractivity contribution in [3.05, 3.63) is 46.5 Å². The summed E-state index contributed by atoms with van der Waals surface area (Å²) in [7, 11) is 0. The van der Waals surface area contributed by atoms with Gasteiger partial charge < -0.3 is 5.11 Å². The van der Waals surface area contributed by atoms with Gasteiger partial charge in [0, 0.05) is 31.0 Å². The summed E-state index contributed by atoms with van der Waals surface area (Å²) in [4.78, 5) is 4.65. The molecule has 0 spiro atoms. The van der Waals surface area contributed by atoms with Gasteiger partial charge >= 0.3 is 0 Å². The molecule has 2 aromatic rings. The number of hydrogen-bond donors (Lipinski definition) is 1. The third-order valence-corrected chi connectivity index (χ3v) is 3.59. The lowest BCUT2D eigenvalue weighted by Crippen LogP contribution is -2.08. The van der Waals surface area contributed by atoms with Crippen molar-refractivity contribution in [2.24, 2.45) is 5.92 Å². The van der Waals surface area contributed by atoms with Gasteiger partial charge in [0.15, 0.2) is 5.82 Å². The Morgan fingerprint density at radius 3 is 2.71 bits per heavy atom. The van der Waals surface area contributed by atoms with E-state index in [0.717, 1.165) is 28.7 Å². The zero-order valence-corrected chi connectivity index (χ0v) is 13.3. The molecule has 0 saturated carbocycles. The molecule has 0 radical (unpaired) electrons. The Bertz CT molecular complexity index is 581. The second kappa shape index (κ2) is 7.57. The summed E-state index contributed by atoms with van der Waals surface area (Å²) in [6, 6.07) is 7.80. The third-order valence-electron chi connectivity index (χ3n) is 3.22. The minimum atomic E-state index is 0.158. The maximum absolute atomic E-state index is 9.02. The molecule has 21 heavy (non-hydrogen) atoms. The fourth-order valence-corrected chi connectivity index (χ4v) is 2.42. The van der Waals surface area contributed by atoms with E-state index in [-0.39, 0.29) is 6.61 Å². The van der Waals surface area contributed by atoms with Crippen molar-refractivity contribution in [2.45, 2.75) is 39.7 Å². The Kier molecular flexibility index (Phi) is 5.76. The van der Waals surface area contributed by atoms with E-state index >= 15 is 0 Å². The molecule has 0 saturated heterocycles. The van der Waals surface area contributed by atoms with Crippen LogP contribution in [0.3, 0.4) is 0 Å². The van der Waals surface area contributed by atoms with Gasteiger partial charge in [0.2, 0.25) is 0 Å². The van der Waals surface area contributed by atoms with E-state index in [2.05, 4.69) is 23.9 Å². The molecule has 1 heterocycles. The average molecular weight is 308 g/mol. The van der Waals surface area contributed by atoms with Crippen LogP contribution in [-0.2, 0) is 19.4 Å². The number of rotatable bonds is 7. The van der Waals surface area contributed by atoms with Gasteiger partial charge in [-0.3, -0.25) is 0 Å². The van der Waals surface area contributed by atoms with Crippen molar-refractivity contribution >= 4 is 11.6 Å². The van der Waals surface area contributed by atoms with Crippen LogP contribution in [-0.4, -0.2) is 26.5 Å². The highest BCUT2D eigenvalue weighted by molar-refractivity contribution is 6.31. The molecule has 114 valence electrons. The Labute approximate surface area is 130 Å². The number of benzene rings is 1. The quantitative estimate of drug-likeness (QED) is 0.855. The number of nitrogens with zero attached hydrogens (tertiary/aromatic N) is 3. The minimum Gasteiger partial charge on any atom is -0.396 e. The monoisotopic (exact) mass is 307 g/mol. The molecule has 1 N–H and O–H groups in total. The predicted molar refractivity (Wildman–Crippen MR) is 84.5 cm³/mol. The summed E-state index contributed by atoms with van der Waals surface area (Å²) in [5.41, 5.74) is 1.05. The maximum atomic E-state index is 9.02. The Morgan fingerprint density at radius 1 is 1.29 bits per heavy atom. The molecule has 0 unspecified atom stereocenters. The number of aromatic nitrogens is 3. The molecule has 0 bridgehead atoms. The van der Waals surface area contributed by atoms with Gasteiger partial charge in [-0.25, -0.2) is 9.67 Å². The van der Waals surface area contributed by atoms with Crippen LogP contribution in [0.4, 0.5) is 0 Å². The smallest absolute Gasteiger partial charge is 0.151 e. The SMILES string of the molecule is CC(C)Cc1nc(Cc2ccccc2Cl)n(CCCO)n1. The largest absolute Gasteiger partial charge is 0.396 e. The first-order valence-electron chi connectivity index (χ1n) is 7.37. The van der Waals surface area contributed by atoms with Gasteiger partial charge in [0.25, 0.3) is 0 Å². The molecule has 0 atom stereocenters. The van der Waals surface area contributed by atoms with Crippen LogP contribution in [0.1, 0.15) is 37.5 Å². The van der Waals surface area contributed by atoms with Crippen molar-refractivity contribution in [2.75, 3.05) is 6.61 Å². The van der Waals surface area contributed by atoms with Crippen LogP contribution >= 0.6 is 11.6 Å². The standard InChI is InChI=1S/C16H22ClN3O/c1-12(2)10-15-18-16(20(19-15)8-5-9-21)11-13-6-3-4-7-14(13)17/h3-4,6-7,12,21H,5,8-11H2,1-2H3. The van der Waals surface area contributed by atoms with Crippen molar-refractivity contribution in [1.29, 1.82) is 0 Å². The van der Waals surface area contributed by atoms with Crippen LogP contribution in [0.2, 0.25) is 5.02 Å². The molecular weight excluding hydrogens is 286 g/mol. The molecule has 0 fully saturated rings. The van der Waals surface area contributed by atoms with E-state index in [4.69, 9.17) is 16.7 Å². The number of aliphatic hydroxyl groups is 1. The number of hydrogen-bond acceptors (Lipinski definition) is 3. The maximum Gasteiger partial charge on any atom is 0.151 e. The van der Waals surface area contributed by atoms with Gasteiger partial charge in [0.05, 0.1) is 0 Å². The summed E-state index contributed by atoms with van der Waals surface area (Å²) in [5.74, 6) is 2.30. The van der Waals surface area contributed by atoms with Crippen molar-refractivity contribution in [3.63, 3.8) is 0 Å². The van der Waals surface area contributed by atoms with Crippen LogP contribution < -0.4 is 0 Å². The highest BCUT2D eigenvalue weighted by Gasteiger charge is 2.12. The molecule has 5 heteroatoms. The van der Waals surface area contributed by atoms with E-state index in [1.165, 1.54) is 0 Å². The first-order chi connectivity index (χ1) is 10.1. The van der Waals surface area contributed by atoms with Crippen LogP contribution in [0.25, 0.3) is 0 Å². The zero-order chi connectivity index (χ0) is 15.2. The number of aryl methyl sites for hydroxylation is 1. The first kappa shape index (κ1) is 16.0. The molecule has 4 nitrogen and oxygen atoms in total. The second-order valence-electron chi connectivity index (χ2n) is 5.61. The highest BCUT2D eigenvalue weighted by atomic mass is 35.5. The average Bonchev–Trinajstić information content (AvgIpc) is 2.80. The second-order valence-corrected chi connectivity index (χ2v) is 6.02. The lowest BCUT2D eigenvalue weighted by molar-refractivity contribution is 0.276. The van der Waals surface area contributed by atoms with E-state index in [1.807, 2.05) is 28.9 Å². The van der Waals surface area contributed by atoms with E-state index in [0.29, 0.717) is 25.3 Å². The number of halogens is 1. The number of aliphatic hydroxyl groups excluding tert-OH is 1. The topological polar surface area (TPSA) is 50.9 Å². The van der Waals surface area contributed by atoms with Gasteiger partial charge in [-0.1, -0.05) is 43.6 Å². The van der Waals surface area contributed by atoms with Gasteiger partial charge in [-0.05, 0) is 24.0 Å². The van der Waals surface area contributed by atoms with Crippen molar-refractivity contribution in [1.82, 2.24) is 14.8 Å². The molecular formula is C16H22ClN3O. The first-order valence-corrected chi connectivity index (χ1v) is 7.74. The van der Waals surface area contributed by atoms with Crippen molar-refractivity contribution < 1.29 is 5.11 Å². The fourth-order valence-electron chi connectivity index (χ4n) is 2.22. The van der Waals surface area contributed by atoms with Gasteiger partial charge in [-0.15, -0.1) is 0 Å². The van der Waals surface area contributed by atoms with Gasteiger partial charge in [-0.2, -0.15) is 5.10 Å². The molecule has 0 amide bonds. The normalized spacial score (nSPS) is 11.3. The minimum absolute atomic E-state index is 0.158.